The van der Waals surface area contributed by atoms with E-state index in [0.29, 0.717) is 0 Å². The van der Waals surface area contributed by atoms with Crippen LogP contribution in [0.3, 0.4) is 0 Å². The van der Waals surface area contributed by atoms with Crippen LogP contribution in [0.1, 0.15) is 11.1 Å². The average Bonchev–Trinajstić information content (AvgIpc) is 2.04. The van der Waals surface area contributed by atoms with Gasteiger partial charge < -0.3 is 0 Å². The minimum Gasteiger partial charge on any atom is -0.147 e. The molecule has 0 aromatic heterocycles. The number of hydrogen-bond acceptors (Lipinski definition) is 0. The Bertz CT molecular complexity index is 224. The van der Waals surface area contributed by atoms with Gasteiger partial charge in [0.2, 0.25) is 0 Å². The molecule has 1 aromatic rings. The molecule has 0 saturated heterocycles. The van der Waals surface area contributed by atoms with Crippen LogP contribution in [0, 0.1) is 6.07 Å². The minimum atomic E-state index is 0. The first-order valence-electron chi connectivity index (χ1n) is 3.14. The molecule has 0 heterocycles. The predicted molar refractivity (Wildman–Crippen MR) is 45.5 cm³/mol. The molecule has 0 bridgehead atoms. The topological polar surface area (TPSA) is 0 Å². The van der Waals surface area contributed by atoms with E-state index >= 15 is 0 Å². The summed E-state index contributed by atoms with van der Waals surface area (Å²) in [7, 11) is 0. The van der Waals surface area contributed by atoms with Crippen molar-refractivity contribution in [3.63, 3.8) is 0 Å². The van der Waals surface area contributed by atoms with Crippen LogP contribution in [0.2, 0.25) is 0 Å². The van der Waals surface area contributed by atoms with Crippen LogP contribution in [0.15, 0.2) is 31.4 Å². The van der Waals surface area contributed by atoms with Crippen LogP contribution < -0.4 is 51.4 Å². The molecule has 11 heavy (non-hydrogen) atoms. The van der Waals surface area contributed by atoms with E-state index in [1.807, 2.05) is 18.2 Å². The van der Waals surface area contributed by atoms with E-state index in [2.05, 4.69) is 19.2 Å². The summed E-state index contributed by atoms with van der Waals surface area (Å²) in [5.41, 5.74) is 2.09. The Morgan fingerprint density at radius 3 is 2.45 bits per heavy atom. The first kappa shape index (κ1) is 11.3. The molecule has 0 nitrogen and oxygen atoms in total. The summed E-state index contributed by atoms with van der Waals surface area (Å²) in [6.45, 7) is 7.33. The Hall–Kier alpha value is 0.336. The van der Waals surface area contributed by atoms with Gasteiger partial charge in [-0.15, -0.1) is 60.7 Å². The zero-order chi connectivity index (χ0) is 7.40. The summed E-state index contributed by atoms with van der Waals surface area (Å²) in [6.07, 6.45) is 3.57. The van der Waals surface area contributed by atoms with Gasteiger partial charge in [-0.25, -0.2) is 0 Å². The molecule has 0 fully saturated rings. The normalized spacial score (nSPS) is 8.00. The molecule has 0 radical (unpaired) electrons. The Balaban J connectivity index is 0.000001000. The molecule has 0 saturated carbocycles. The van der Waals surface area contributed by atoms with E-state index in [9.17, 15) is 0 Å². The Morgan fingerprint density at radius 1 is 1.27 bits per heavy atom. The molecule has 1 aromatic carbocycles. The molecule has 1 heteroatoms. The van der Waals surface area contributed by atoms with Gasteiger partial charge in [0.05, 0.1) is 0 Å². The van der Waals surface area contributed by atoms with Crippen molar-refractivity contribution in [2.45, 2.75) is 0 Å². The Kier molecular flexibility index (Phi) is 6.10. The minimum absolute atomic E-state index is 0. The van der Waals surface area contributed by atoms with E-state index in [1.54, 1.807) is 12.2 Å². The van der Waals surface area contributed by atoms with Crippen molar-refractivity contribution in [1.29, 1.82) is 0 Å². The zero-order valence-corrected chi connectivity index (χ0v) is 9.92. The first-order valence-corrected chi connectivity index (χ1v) is 3.14. The van der Waals surface area contributed by atoms with Crippen LogP contribution in [-0.4, -0.2) is 0 Å². The Labute approximate surface area is 110 Å². The molecule has 0 N–H and O–H groups in total. The van der Waals surface area contributed by atoms with Crippen molar-refractivity contribution in [2.75, 3.05) is 0 Å². The van der Waals surface area contributed by atoms with Crippen molar-refractivity contribution in [3.05, 3.63) is 48.6 Å². The van der Waals surface area contributed by atoms with Crippen LogP contribution in [0.5, 0.6) is 0 Å². The van der Waals surface area contributed by atoms with Gasteiger partial charge in [-0.3, -0.25) is 0 Å². The fourth-order valence-corrected chi connectivity index (χ4v) is 0.818. The first-order chi connectivity index (χ1) is 4.88. The second-order valence-electron chi connectivity index (χ2n) is 1.95. The molecule has 0 unspecified atom stereocenters. The molecule has 50 valence electrons. The van der Waals surface area contributed by atoms with Gasteiger partial charge in [0.25, 0.3) is 0 Å². The molecule has 0 aliphatic carbocycles. The number of rotatable bonds is 2. The van der Waals surface area contributed by atoms with Gasteiger partial charge in [0, 0.05) is 0 Å². The SMILES string of the molecule is C=Cc1[c-]cccc1C=C.[K+]. The maximum Gasteiger partial charge on any atom is 1.00 e. The molecule has 1 rings (SSSR count). The fourth-order valence-electron chi connectivity index (χ4n) is 0.818. The van der Waals surface area contributed by atoms with E-state index < -0.39 is 0 Å². The maximum atomic E-state index is 3.67. The Morgan fingerprint density at radius 2 is 2.00 bits per heavy atom. The summed E-state index contributed by atoms with van der Waals surface area (Å²) >= 11 is 0. The van der Waals surface area contributed by atoms with Crippen LogP contribution >= 0.6 is 0 Å². The van der Waals surface area contributed by atoms with Crippen molar-refractivity contribution >= 4 is 12.2 Å². The third kappa shape index (κ3) is 3.05. The zero-order valence-electron chi connectivity index (χ0n) is 6.80. The average molecular weight is 168 g/mol. The fraction of sp³-hybridized carbons (Fsp3) is 0. The van der Waals surface area contributed by atoms with Gasteiger partial charge in [-0.1, -0.05) is 0 Å². The number of benzene rings is 1. The van der Waals surface area contributed by atoms with Crippen LogP contribution in [0.4, 0.5) is 0 Å². The summed E-state index contributed by atoms with van der Waals surface area (Å²) in [5.74, 6) is 0. The van der Waals surface area contributed by atoms with Crippen LogP contribution in [0.25, 0.3) is 12.2 Å². The van der Waals surface area contributed by atoms with Gasteiger partial charge >= 0.3 is 51.4 Å². The summed E-state index contributed by atoms with van der Waals surface area (Å²) < 4.78 is 0. The second-order valence-corrected chi connectivity index (χ2v) is 1.95. The summed E-state index contributed by atoms with van der Waals surface area (Å²) in [4.78, 5) is 0. The van der Waals surface area contributed by atoms with Crippen molar-refractivity contribution in [3.8, 4) is 0 Å². The smallest absolute Gasteiger partial charge is 0.147 e. The molecule has 0 spiro atoms. The summed E-state index contributed by atoms with van der Waals surface area (Å²) in [6, 6.07) is 8.83. The monoisotopic (exact) mass is 168 g/mol. The standard InChI is InChI=1S/C10H9.K/c1-3-9-7-5-6-8-10(9)4-2;/h3-7H,1-2H2;/q-1;+1. The van der Waals surface area contributed by atoms with Crippen molar-refractivity contribution in [2.24, 2.45) is 0 Å². The van der Waals surface area contributed by atoms with Gasteiger partial charge in [0.1, 0.15) is 0 Å². The molecular weight excluding hydrogens is 159 g/mol. The van der Waals surface area contributed by atoms with Gasteiger partial charge in [0.15, 0.2) is 0 Å². The molecule has 0 amide bonds. The maximum absolute atomic E-state index is 3.67. The van der Waals surface area contributed by atoms with Crippen LogP contribution in [-0.2, 0) is 0 Å². The number of hydrogen-bond donors (Lipinski definition) is 0. The van der Waals surface area contributed by atoms with E-state index in [4.69, 9.17) is 0 Å². The van der Waals surface area contributed by atoms with Gasteiger partial charge in [-0.05, 0) is 0 Å². The molecule has 0 aliphatic heterocycles. The molecule has 0 aliphatic rings. The van der Waals surface area contributed by atoms with E-state index in [0.717, 1.165) is 11.1 Å². The predicted octanol–water partition coefficient (Wildman–Crippen LogP) is -0.223. The summed E-state index contributed by atoms with van der Waals surface area (Å²) in [5, 5.41) is 0. The van der Waals surface area contributed by atoms with E-state index in [-0.39, 0.29) is 51.4 Å². The molecular formula is C10H9K. The quantitative estimate of drug-likeness (QED) is 0.423. The van der Waals surface area contributed by atoms with Gasteiger partial charge in [-0.2, -0.15) is 0 Å². The second kappa shape index (κ2) is 5.92. The largest absolute Gasteiger partial charge is 1.00 e. The van der Waals surface area contributed by atoms with Crippen molar-refractivity contribution < 1.29 is 51.4 Å². The van der Waals surface area contributed by atoms with E-state index in [1.165, 1.54) is 0 Å². The third-order valence-electron chi connectivity index (χ3n) is 1.35. The molecule has 0 atom stereocenters. The van der Waals surface area contributed by atoms with Crippen molar-refractivity contribution in [1.82, 2.24) is 0 Å². The third-order valence-corrected chi connectivity index (χ3v) is 1.35.